The third-order valence-electron chi connectivity index (χ3n) is 4.75. The van der Waals surface area contributed by atoms with Crippen LogP contribution in [0.5, 0.6) is 0 Å². The molecule has 1 atom stereocenters. The number of pyridine rings is 1. The molecule has 8 nitrogen and oxygen atoms in total. The van der Waals surface area contributed by atoms with Crippen molar-refractivity contribution in [1.29, 1.82) is 0 Å². The maximum atomic E-state index is 12.5. The summed E-state index contributed by atoms with van der Waals surface area (Å²) in [5.41, 5.74) is 1.72. The van der Waals surface area contributed by atoms with E-state index in [-0.39, 0.29) is 13.2 Å². The number of hydrogen-bond acceptors (Lipinski definition) is 7. The summed E-state index contributed by atoms with van der Waals surface area (Å²) in [6.45, 7) is 9.38. The SMILES string of the molecule is CCOC(=O)c1cnc2c(c(C)nn2C)c1NCC(C)(O)c1cc(C)oc1C. The maximum Gasteiger partial charge on any atom is 0.341 e. The molecule has 0 aliphatic carbocycles. The third-order valence-corrected chi connectivity index (χ3v) is 4.75. The zero-order chi connectivity index (χ0) is 20.6. The van der Waals surface area contributed by atoms with Gasteiger partial charge in [-0.3, -0.25) is 4.68 Å². The number of carbonyl (C=O) groups is 1. The van der Waals surface area contributed by atoms with Gasteiger partial charge < -0.3 is 19.6 Å². The molecule has 8 heteroatoms. The molecule has 0 aliphatic rings. The van der Waals surface area contributed by atoms with E-state index < -0.39 is 11.6 Å². The molecule has 2 N–H and O–H groups in total. The van der Waals surface area contributed by atoms with E-state index in [1.165, 1.54) is 6.20 Å². The first-order chi connectivity index (χ1) is 13.2. The summed E-state index contributed by atoms with van der Waals surface area (Å²) in [7, 11) is 1.80. The summed E-state index contributed by atoms with van der Waals surface area (Å²) in [6.07, 6.45) is 1.48. The van der Waals surface area contributed by atoms with Crippen molar-refractivity contribution in [3.63, 3.8) is 0 Å². The number of aromatic nitrogens is 3. The molecule has 1 unspecified atom stereocenters. The van der Waals surface area contributed by atoms with Gasteiger partial charge in [-0.25, -0.2) is 9.78 Å². The Balaban J connectivity index is 2.04. The Kier molecular flexibility index (Phi) is 5.16. The van der Waals surface area contributed by atoms with E-state index in [0.717, 1.165) is 16.8 Å². The van der Waals surface area contributed by atoms with Gasteiger partial charge >= 0.3 is 5.97 Å². The van der Waals surface area contributed by atoms with Crippen molar-refractivity contribution in [2.24, 2.45) is 7.05 Å². The minimum Gasteiger partial charge on any atom is -0.466 e. The number of nitrogens with zero attached hydrogens (tertiary/aromatic N) is 3. The lowest BCUT2D eigenvalue weighted by Crippen LogP contribution is -2.31. The molecule has 0 aliphatic heterocycles. The smallest absolute Gasteiger partial charge is 0.341 e. The second-order valence-electron chi connectivity index (χ2n) is 7.13. The van der Waals surface area contributed by atoms with E-state index in [2.05, 4.69) is 15.4 Å². The lowest BCUT2D eigenvalue weighted by molar-refractivity contribution is 0.0525. The number of esters is 1. The van der Waals surface area contributed by atoms with Crippen molar-refractivity contribution in [1.82, 2.24) is 14.8 Å². The van der Waals surface area contributed by atoms with Gasteiger partial charge in [0.05, 0.1) is 23.4 Å². The Morgan fingerprint density at radius 3 is 2.71 bits per heavy atom. The highest BCUT2D eigenvalue weighted by molar-refractivity contribution is 6.05. The van der Waals surface area contributed by atoms with Gasteiger partial charge in [0.2, 0.25) is 0 Å². The van der Waals surface area contributed by atoms with E-state index in [4.69, 9.17) is 9.15 Å². The Hall–Kier alpha value is -2.87. The lowest BCUT2D eigenvalue weighted by atomic mass is 9.96. The molecule has 0 saturated heterocycles. The van der Waals surface area contributed by atoms with Crippen molar-refractivity contribution in [2.45, 2.75) is 40.2 Å². The van der Waals surface area contributed by atoms with Gasteiger partial charge in [-0.1, -0.05) is 0 Å². The first kappa shape index (κ1) is 19.9. The molecule has 0 spiro atoms. The molecule has 0 radical (unpaired) electrons. The van der Waals surface area contributed by atoms with Crippen LogP contribution in [0.25, 0.3) is 11.0 Å². The zero-order valence-electron chi connectivity index (χ0n) is 17.1. The average Bonchev–Trinajstić information content (AvgIpc) is 3.12. The molecular weight excluding hydrogens is 360 g/mol. The number of fused-ring (bicyclic) bond motifs is 1. The molecule has 0 fully saturated rings. The minimum absolute atomic E-state index is 0.159. The molecule has 0 bridgehead atoms. The van der Waals surface area contributed by atoms with E-state index >= 15 is 0 Å². The fourth-order valence-corrected chi connectivity index (χ4v) is 3.48. The van der Waals surface area contributed by atoms with Gasteiger partial charge in [-0.2, -0.15) is 5.10 Å². The van der Waals surface area contributed by atoms with Crippen LogP contribution in [0.3, 0.4) is 0 Å². The van der Waals surface area contributed by atoms with Crippen LogP contribution >= 0.6 is 0 Å². The van der Waals surface area contributed by atoms with Crippen LogP contribution in [0.1, 0.15) is 47.0 Å². The zero-order valence-corrected chi connectivity index (χ0v) is 17.1. The molecule has 0 aromatic carbocycles. The first-order valence-electron chi connectivity index (χ1n) is 9.19. The van der Waals surface area contributed by atoms with Crippen molar-refractivity contribution < 1.29 is 19.1 Å². The molecule has 3 heterocycles. The number of aliphatic hydroxyl groups is 1. The van der Waals surface area contributed by atoms with Crippen LogP contribution in [0.15, 0.2) is 16.7 Å². The Morgan fingerprint density at radius 2 is 2.11 bits per heavy atom. The van der Waals surface area contributed by atoms with E-state index in [1.54, 1.807) is 25.6 Å². The van der Waals surface area contributed by atoms with Crippen LogP contribution in [0.4, 0.5) is 5.69 Å². The Bertz CT molecular complexity index is 1030. The van der Waals surface area contributed by atoms with Gasteiger partial charge in [-0.05, 0) is 40.7 Å². The average molecular weight is 386 g/mol. The van der Waals surface area contributed by atoms with Gasteiger partial charge in [-0.15, -0.1) is 0 Å². The van der Waals surface area contributed by atoms with Gasteiger partial charge in [0, 0.05) is 25.4 Å². The van der Waals surface area contributed by atoms with Crippen LogP contribution < -0.4 is 5.32 Å². The third kappa shape index (κ3) is 3.47. The fraction of sp³-hybridized carbons (Fsp3) is 0.450. The summed E-state index contributed by atoms with van der Waals surface area (Å²) in [5.74, 6) is 0.916. The number of furan rings is 1. The van der Waals surface area contributed by atoms with Gasteiger partial charge in [0.1, 0.15) is 22.7 Å². The maximum absolute atomic E-state index is 12.5. The van der Waals surface area contributed by atoms with E-state index in [9.17, 15) is 9.90 Å². The van der Waals surface area contributed by atoms with Crippen LogP contribution in [-0.4, -0.2) is 39.0 Å². The molecule has 150 valence electrons. The number of aryl methyl sites for hydroxylation is 4. The lowest BCUT2D eigenvalue weighted by Gasteiger charge is -2.25. The normalized spacial score (nSPS) is 13.5. The predicted octanol–water partition coefficient (Wildman–Crippen LogP) is 2.98. The van der Waals surface area contributed by atoms with Crippen molar-refractivity contribution >= 4 is 22.7 Å². The van der Waals surface area contributed by atoms with Crippen LogP contribution in [0, 0.1) is 20.8 Å². The number of carbonyl (C=O) groups excluding carboxylic acids is 1. The summed E-state index contributed by atoms with van der Waals surface area (Å²) in [6, 6.07) is 1.82. The highest BCUT2D eigenvalue weighted by atomic mass is 16.5. The summed E-state index contributed by atoms with van der Waals surface area (Å²) in [5, 5.41) is 19.4. The topological polar surface area (TPSA) is 102 Å². The molecule has 3 aromatic rings. The van der Waals surface area contributed by atoms with E-state index in [1.807, 2.05) is 26.8 Å². The second kappa shape index (κ2) is 7.27. The largest absolute Gasteiger partial charge is 0.466 e. The first-order valence-corrected chi connectivity index (χ1v) is 9.19. The standard InChI is InChI=1S/C20H26N4O4/c1-7-27-19(25)14-9-21-18-16(12(3)23-24(18)6)17(14)22-10-20(5,26)15-8-11(2)28-13(15)4/h8-9,26H,7,10H2,1-6H3,(H,21,22). The monoisotopic (exact) mass is 386 g/mol. The van der Waals surface area contributed by atoms with Crippen molar-refractivity contribution in [3.8, 4) is 0 Å². The summed E-state index contributed by atoms with van der Waals surface area (Å²) in [4.78, 5) is 16.8. The summed E-state index contributed by atoms with van der Waals surface area (Å²) >= 11 is 0. The second-order valence-corrected chi connectivity index (χ2v) is 7.13. The minimum atomic E-state index is -1.21. The highest BCUT2D eigenvalue weighted by Crippen LogP contribution is 2.32. The number of ether oxygens (including phenoxy) is 1. The molecule has 0 amide bonds. The molecule has 3 aromatic heterocycles. The number of nitrogens with one attached hydrogen (secondary N) is 1. The Labute approximate surface area is 163 Å². The van der Waals surface area contributed by atoms with Gasteiger partial charge in [0.15, 0.2) is 5.65 Å². The summed E-state index contributed by atoms with van der Waals surface area (Å²) < 4.78 is 12.4. The van der Waals surface area contributed by atoms with Crippen molar-refractivity contribution in [2.75, 3.05) is 18.5 Å². The fourth-order valence-electron chi connectivity index (χ4n) is 3.48. The molecule has 3 rings (SSSR count). The predicted molar refractivity (Wildman–Crippen MR) is 105 cm³/mol. The number of anilines is 1. The van der Waals surface area contributed by atoms with Gasteiger partial charge in [0.25, 0.3) is 0 Å². The molecular formula is C20H26N4O4. The quantitative estimate of drug-likeness (QED) is 0.628. The van der Waals surface area contributed by atoms with Crippen LogP contribution in [-0.2, 0) is 17.4 Å². The molecule has 28 heavy (non-hydrogen) atoms. The van der Waals surface area contributed by atoms with E-state index in [0.29, 0.717) is 28.2 Å². The number of rotatable bonds is 6. The molecule has 0 saturated carbocycles. The number of hydrogen-bond donors (Lipinski definition) is 2. The Morgan fingerprint density at radius 1 is 1.39 bits per heavy atom. The van der Waals surface area contributed by atoms with Crippen LogP contribution in [0.2, 0.25) is 0 Å². The highest BCUT2D eigenvalue weighted by Gasteiger charge is 2.29. The van der Waals surface area contributed by atoms with Crippen molar-refractivity contribution in [3.05, 3.63) is 40.6 Å².